The highest BCUT2D eigenvalue weighted by Crippen LogP contribution is 2.35. The molecule has 0 spiro atoms. The van der Waals surface area contributed by atoms with Gasteiger partial charge in [0.25, 0.3) is 10.0 Å². The van der Waals surface area contributed by atoms with Crippen LogP contribution in [0.1, 0.15) is 6.92 Å². The number of methoxy groups -OCH3 is 2. The van der Waals surface area contributed by atoms with Crippen LogP contribution < -0.4 is 14.3 Å². The van der Waals surface area contributed by atoms with Crippen molar-refractivity contribution in [1.82, 2.24) is 4.57 Å². The van der Waals surface area contributed by atoms with Crippen molar-refractivity contribution in [1.29, 1.82) is 0 Å². The molecule has 0 N–H and O–H groups in total. The van der Waals surface area contributed by atoms with Crippen molar-refractivity contribution >= 4 is 60.5 Å². The molecule has 0 bridgehead atoms. The number of thiazole rings is 1. The summed E-state index contributed by atoms with van der Waals surface area (Å²) in [4.78, 5) is 12.3. The summed E-state index contributed by atoms with van der Waals surface area (Å²) in [5.41, 5.74) is 0.489. The number of fused-ring (bicyclic) bond motifs is 1. The van der Waals surface area contributed by atoms with Crippen LogP contribution in [0.15, 0.2) is 32.9 Å². The molecule has 29 heavy (non-hydrogen) atoms. The molecule has 3 aromatic rings. The SMILES string of the molecule is CCOC(=O)Cn1c(=NS(=O)(=O)c2ccc(Cl)s2)sc2c(OC)ccc(OC)c21. The fraction of sp³-hybridized carbons (Fsp3) is 0.294. The maximum Gasteiger partial charge on any atom is 0.326 e. The minimum Gasteiger partial charge on any atom is -0.495 e. The van der Waals surface area contributed by atoms with Crippen LogP contribution in [0.3, 0.4) is 0 Å². The first-order valence-electron chi connectivity index (χ1n) is 8.27. The molecular weight excluding hydrogens is 460 g/mol. The van der Waals surface area contributed by atoms with E-state index in [2.05, 4.69) is 4.40 Å². The van der Waals surface area contributed by atoms with E-state index in [4.69, 9.17) is 25.8 Å². The van der Waals surface area contributed by atoms with E-state index in [1.54, 1.807) is 19.1 Å². The van der Waals surface area contributed by atoms with Gasteiger partial charge in [-0.25, -0.2) is 0 Å². The third-order valence-electron chi connectivity index (χ3n) is 3.79. The highest BCUT2D eigenvalue weighted by atomic mass is 35.5. The Labute approximate surface area is 180 Å². The molecule has 0 atom stereocenters. The Morgan fingerprint density at radius 3 is 2.41 bits per heavy atom. The number of halogens is 1. The van der Waals surface area contributed by atoms with E-state index in [0.717, 1.165) is 22.7 Å². The molecule has 0 saturated heterocycles. The van der Waals surface area contributed by atoms with Crippen LogP contribution in [0.4, 0.5) is 0 Å². The number of sulfonamides is 1. The third-order valence-corrected chi connectivity index (χ3v) is 7.96. The largest absolute Gasteiger partial charge is 0.495 e. The molecule has 0 fully saturated rings. The van der Waals surface area contributed by atoms with Gasteiger partial charge in [-0.05, 0) is 31.2 Å². The van der Waals surface area contributed by atoms with Crippen molar-refractivity contribution < 1.29 is 27.4 Å². The molecule has 2 heterocycles. The molecular formula is C17H17ClN2O6S3. The summed E-state index contributed by atoms with van der Waals surface area (Å²) in [5.74, 6) is 0.413. The van der Waals surface area contributed by atoms with Crippen LogP contribution in [-0.4, -0.2) is 39.8 Å². The molecule has 0 aliphatic heterocycles. The smallest absolute Gasteiger partial charge is 0.326 e. The average Bonchev–Trinajstić information content (AvgIpc) is 3.26. The minimum absolute atomic E-state index is 0.00145. The van der Waals surface area contributed by atoms with E-state index in [9.17, 15) is 13.2 Å². The molecule has 3 rings (SSSR count). The van der Waals surface area contributed by atoms with E-state index in [1.165, 1.54) is 30.9 Å². The topological polar surface area (TPSA) is 96.2 Å². The van der Waals surface area contributed by atoms with Crippen LogP contribution in [-0.2, 0) is 26.1 Å². The number of carbonyl (C=O) groups is 1. The molecule has 0 amide bonds. The summed E-state index contributed by atoms with van der Waals surface area (Å²) in [7, 11) is -1.06. The molecule has 1 aromatic carbocycles. The van der Waals surface area contributed by atoms with Gasteiger partial charge in [0.2, 0.25) is 4.80 Å². The van der Waals surface area contributed by atoms with Crippen LogP contribution in [0.25, 0.3) is 10.2 Å². The van der Waals surface area contributed by atoms with Gasteiger partial charge in [0.15, 0.2) is 0 Å². The first-order valence-corrected chi connectivity index (χ1v) is 11.7. The van der Waals surface area contributed by atoms with Crippen LogP contribution >= 0.6 is 34.3 Å². The first-order chi connectivity index (χ1) is 13.8. The Bertz CT molecular complexity index is 1230. The summed E-state index contributed by atoms with van der Waals surface area (Å²) in [5, 5.41) is 0. The summed E-state index contributed by atoms with van der Waals surface area (Å²) >= 11 is 7.83. The van der Waals surface area contributed by atoms with Gasteiger partial charge < -0.3 is 18.8 Å². The molecule has 8 nitrogen and oxygen atoms in total. The quantitative estimate of drug-likeness (QED) is 0.485. The zero-order chi connectivity index (χ0) is 21.2. The maximum atomic E-state index is 12.8. The monoisotopic (exact) mass is 476 g/mol. The summed E-state index contributed by atoms with van der Waals surface area (Å²) in [6, 6.07) is 6.24. The van der Waals surface area contributed by atoms with E-state index in [1.807, 2.05) is 0 Å². The maximum absolute atomic E-state index is 12.8. The Hall–Kier alpha value is -2.08. The zero-order valence-electron chi connectivity index (χ0n) is 15.7. The molecule has 0 saturated carbocycles. The van der Waals surface area contributed by atoms with Crippen molar-refractivity contribution in [2.45, 2.75) is 17.7 Å². The Balaban J connectivity index is 2.31. The average molecular weight is 477 g/mol. The van der Waals surface area contributed by atoms with Crippen LogP contribution in [0, 0.1) is 0 Å². The number of esters is 1. The summed E-state index contributed by atoms with van der Waals surface area (Å²) in [6.45, 7) is 1.64. The van der Waals surface area contributed by atoms with Crippen LogP contribution in [0.2, 0.25) is 4.34 Å². The molecule has 0 unspecified atom stereocenters. The lowest BCUT2D eigenvalue weighted by molar-refractivity contribution is -0.143. The van der Waals surface area contributed by atoms with Gasteiger partial charge in [-0.1, -0.05) is 22.9 Å². The van der Waals surface area contributed by atoms with E-state index >= 15 is 0 Å². The van der Waals surface area contributed by atoms with E-state index in [0.29, 0.717) is 26.1 Å². The highest BCUT2D eigenvalue weighted by molar-refractivity contribution is 7.92. The van der Waals surface area contributed by atoms with E-state index in [-0.39, 0.29) is 22.2 Å². The van der Waals surface area contributed by atoms with Crippen molar-refractivity contribution in [2.75, 3.05) is 20.8 Å². The Kier molecular flexibility index (Phi) is 6.52. The number of thiophene rings is 1. The molecule has 2 aromatic heterocycles. The molecule has 0 radical (unpaired) electrons. The van der Waals surface area contributed by atoms with Crippen molar-refractivity contribution in [3.05, 3.63) is 33.4 Å². The molecule has 0 aliphatic rings. The second kappa shape index (κ2) is 8.74. The summed E-state index contributed by atoms with van der Waals surface area (Å²) < 4.78 is 47.7. The number of carbonyl (C=O) groups excluding carboxylic acids is 1. The van der Waals surface area contributed by atoms with Gasteiger partial charge in [-0.15, -0.1) is 15.7 Å². The lowest BCUT2D eigenvalue weighted by Gasteiger charge is -2.09. The minimum atomic E-state index is -4.03. The lowest BCUT2D eigenvalue weighted by atomic mass is 10.3. The second-order valence-corrected chi connectivity index (χ2v) is 10.1. The first kappa shape index (κ1) is 21.6. The number of rotatable bonds is 7. The van der Waals surface area contributed by atoms with Gasteiger partial charge in [-0.3, -0.25) is 4.79 Å². The normalized spacial score (nSPS) is 12.3. The van der Waals surface area contributed by atoms with E-state index < -0.39 is 16.0 Å². The fourth-order valence-corrected chi connectivity index (χ4v) is 6.39. The van der Waals surface area contributed by atoms with Gasteiger partial charge >= 0.3 is 5.97 Å². The number of benzene rings is 1. The number of nitrogens with zero attached hydrogens (tertiary/aromatic N) is 2. The third kappa shape index (κ3) is 4.42. The molecule has 156 valence electrons. The van der Waals surface area contributed by atoms with Gasteiger partial charge in [0, 0.05) is 0 Å². The zero-order valence-corrected chi connectivity index (χ0v) is 18.9. The Morgan fingerprint density at radius 1 is 1.14 bits per heavy atom. The number of aromatic nitrogens is 1. The predicted octanol–water partition coefficient (Wildman–Crippen LogP) is 3.29. The lowest BCUT2D eigenvalue weighted by Crippen LogP contribution is -2.23. The standard InChI is InChI=1S/C17H17ClN2O6S3/c1-4-26-13(21)9-20-15-10(24-2)5-6-11(25-3)16(15)28-17(20)19-29(22,23)14-8-7-12(18)27-14/h5-8H,4,9H2,1-3H3. The van der Waals surface area contributed by atoms with Gasteiger partial charge in [-0.2, -0.15) is 8.42 Å². The molecule has 12 heteroatoms. The molecule has 0 aliphatic carbocycles. The fourth-order valence-electron chi connectivity index (χ4n) is 2.59. The van der Waals surface area contributed by atoms with Gasteiger partial charge in [0.05, 0.1) is 25.2 Å². The van der Waals surface area contributed by atoms with Gasteiger partial charge in [0.1, 0.15) is 32.5 Å². The second-order valence-electron chi connectivity index (χ2n) is 5.55. The van der Waals surface area contributed by atoms with Crippen LogP contribution in [0.5, 0.6) is 11.5 Å². The van der Waals surface area contributed by atoms with Crippen molar-refractivity contribution in [2.24, 2.45) is 4.40 Å². The van der Waals surface area contributed by atoms with Crippen molar-refractivity contribution in [3.8, 4) is 11.5 Å². The number of hydrogen-bond acceptors (Lipinski definition) is 8. The Morgan fingerprint density at radius 2 is 1.83 bits per heavy atom. The summed E-state index contributed by atoms with van der Waals surface area (Å²) in [6.07, 6.45) is 0. The van der Waals surface area contributed by atoms with Crippen molar-refractivity contribution in [3.63, 3.8) is 0 Å². The predicted molar refractivity (Wildman–Crippen MR) is 112 cm³/mol. The highest BCUT2D eigenvalue weighted by Gasteiger charge is 2.21. The number of hydrogen-bond donors (Lipinski definition) is 0. The number of ether oxygens (including phenoxy) is 3.